The Morgan fingerprint density at radius 2 is 1.69 bits per heavy atom. The molecule has 0 heterocycles. The number of carbonyl (C=O) groups excluding carboxylic acids is 1. The van der Waals surface area contributed by atoms with Crippen LogP contribution in [0.3, 0.4) is 0 Å². The van der Waals surface area contributed by atoms with Gasteiger partial charge in [0.25, 0.3) is 5.69 Å². The zero-order valence-corrected chi connectivity index (χ0v) is 16.6. The van der Waals surface area contributed by atoms with Gasteiger partial charge in [-0.15, -0.1) is 0 Å². The summed E-state index contributed by atoms with van der Waals surface area (Å²) in [6.07, 6.45) is 1.61. The van der Waals surface area contributed by atoms with Crippen LogP contribution in [0.15, 0.2) is 53.1 Å². The van der Waals surface area contributed by atoms with E-state index < -0.39 is 4.92 Å². The Morgan fingerprint density at radius 1 is 1.08 bits per heavy atom. The zero-order chi connectivity index (χ0) is 19.4. The van der Waals surface area contributed by atoms with E-state index in [1.807, 2.05) is 31.1 Å². The number of nitro groups is 1. The van der Waals surface area contributed by atoms with Gasteiger partial charge in [0.15, 0.2) is 5.78 Å². The Kier molecular flexibility index (Phi) is 6.15. The molecular formula is C19H20BrN3O3. The molecule has 26 heavy (non-hydrogen) atoms. The molecule has 0 saturated carbocycles. The zero-order valence-electron chi connectivity index (χ0n) is 15.1. The van der Waals surface area contributed by atoms with Gasteiger partial charge in [0, 0.05) is 56.2 Å². The number of anilines is 1. The van der Waals surface area contributed by atoms with Crippen LogP contribution in [0, 0.1) is 10.1 Å². The molecule has 0 fully saturated rings. The van der Waals surface area contributed by atoms with Crippen molar-refractivity contribution in [2.45, 2.75) is 0 Å². The van der Waals surface area contributed by atoms with Gasteiger partial charge in [0.05, 0.1) is 16.1 Å². The van der Waals surface area contributed by atoms with Gasteiger partial charge in [-0.3, -0.25) is 14.9 Å². The SMILES string of the molecule is CN(C)/C=C(\C(=O)c1ccc(N(C)C)cc1)c1ccc(Br)cc1[N+](=O)[O-]. The monoisotopic (exact) mass is 417 g/mol. The van der Waals surface area contributed by atoms with Crippen LogP contribution < -0.4 is 4.90 Å². The van der Waals surface area contributed by atoms with Gasteiger partial charge in [-0.1, -0.05) is 15.9 Å². The molecule has 0 bridgehead atoms. The van der Waals surface area contributed by atoms with Crippen LogP contribution >= 0.6 is 15.9 Å². The Labute approximate surface area is 161 Å². The van der Waals surface area contributed by atoms with E-state index in [1.165, 1.54) is 6.07 Å². The number of nitro benzene ring substituents is 1. The van der Waals surface area contributed by atoms with E-state index in [2.05, 4.69) is 15.9 Å². The average Bonchev–Trinajstić information content (AvgIpc) is 2.59. The fraction of sp³-hybridized carbons (Fsp3) is 0.211. The van der Waals surface area contributed by atoms with Crippen molar-refractivity contribution in [2.24, 2.45) is 0 Å². The van der Waals surface area contributed by atoms with Crippen LogP contribution in [0.5, 0.6) is 0 Å². The predicted molar refractivity (Wildman–Crippen MR) is 108 cm³/mol. The lowest BCUT2D eigenvalue weighted by molar-refractivity contribution is -0.385. The minimum absolute atomic E-state index is 0.120. The summed E-state index contributed by atoms with van der Waals surface area (Å²) in [5, 5.41) is 11.5. The lowest BCUT2D eigenvalue weighted by Gasteiger charge is -2.14. The van der Waals surface area contributed by atoms with Crippen LogP contribution in [0.2, 0.25) is 0 Å². The Balaban J connectivity index is 2.56. The molecule has 7 heteroatoms. The van der Waals surface area contributed by atoms with Crippen LogP contribution in [-0.4, -0.2) is 43.8 Å². The first-order valence-corrected chi connectivity index (χ1v) is 8.64. The molecule has 6 nitrogen and oxygen atoms in total. The third-order valence-electron chi connectivity index (χ3n) is 3.72. The third-order valence-corrected chi connectivity index (χ3v) is 4.22. The Hall–Kier alpha value is -2.67. The number of Topliss-reactive ketones (excluding diaryl/α,β-unsaturated/α-hetero) is 1. The molecule has 0 unspecified atom stereocenters. The number of nitrogens with zero attached hydrogens (tertiary/aromatic N) is 3. The summed E-state index contributed by atoms with van der Waals surface area (Å²) in [5.41, 5.74) is 1.88. The van der Waals surface area contributed by atoms with Crippen molar-refractivity contribution in [2.75, 3.05) is 33.1 Å². The molecule has 2 aromatic rings. The van der Waals surface area contributed by atoms with Gasteiger partial charge in [0.1, 0.15) is 0 Å². The molecule has 0 radical (unpaired) electrons. The van der Waals surface area contributed by atoms with E-state index in [4.69, 9.17) is 0 Å². The van der Waals surface area contributed by atoms with Crippen LogP contribution in [0.4, 0.5) is 11.4 Å². The smallest absolute Gasteiger partial charge is 0.278 e. The highest BCUT2D eigenvalue weighted by atomic mass is 79.9. The first-order chi connectivity index (χ1) is 12.2. The molecule has 2 aromatic carbocycles. The lowest BCUT2D eigenvalue weighted by atomic mass is 9.96. The quantitative estimate of drug-likeness (QED) is 0.304. The highest BCUT2D eigenvalue weighted by Crippen LogP contribution is 2.31. The maximum Gasteiger partial charge on any atom is 0.278 e. The molecule has 0 N–H and O–H groups in total. The van der Waals surface area contributed by atoms with E-state index in [0.717, 1.165) is 5.69 Å². The highest BCUT2D eigenvalue weighted by Gasteiger charge is 2.23. The van der Waals surface area contributed by atoms with Gasteiger partial charge >= 0.3 is 0 Å². The van der Waals surface area contributed by atoms with Crippen molar-refractivity contribution < 1.29 is 9.72 Å². The van der Waals surface area contributed by atoms with Crippen molar-refractivity contribution in [3.8, 4) is 0 Å². The fourth-order valence-corrected chi connectivity index (χ4v) is 2.81. The fourth-order valence-electron chi connectivity index (χ4n) is 2.46. The number of halogens is 1. The summed E-state index contributed by atoms with van der Waals surface area (Å²) in [5.74, 6) is -0.269. The van der Waals surface area contributed by atoms with Gasteiger partial charge in [0.2, 0.25) is 0 Å². The first kappa shape index (κ1) is 19.7. The van der Waals surface area contributed by atoms with E-state index in [1.54, 1.807) is 49.5 Å². The molecule has 0 atom stereocenters. The summed E-state index contributed by atoms with van der Waals surface area (Å²) in [6.45, 7) is 0. The van der Waals surface area contributed by atoms with Crippen molar-refractivity contribution >= 4 is 38.7 Å². The first-order valence-electron chi connectivity index (χ1n) is 7.85. The van der Waals surface area contributed by atoms with Crippen molar-refractivity contribution in [1.29, 1.82) is 0 Å². The topological polar surface area (TPSA) is 66.7 Å². The number of ketones is 1. The summed E-state index contributed by atoms with van der Waals surface area (Å²) in [7, 11) is 7.37. The normalized spacial score (nSPS) is 11.2. The molecule has 0 aliphatic heterocycles. The van der Waals surface area contributed by atoms with E-state index in [9.17, 15) is 14.9 Å². The minimum atomic E-state index is -0.480. The van der Waals surface area contributed by atoms with Crippen molar-refractivity contribution in [1.82, 2.24) is 4.90 Å². The standard InChI is InChI=1S/C19H20BrN3O3/c1-21(2)12-17(16-10-7-14(20)11-18(16)23(25)26)19(24)13-5-8-15(9-6-13)22(3)4/h5-12H,1-4H3/b17-12-. The molecule has 2 rings (SSSR count). The van der Waals surface area contributed by atoms with Crippen LogP contribution in [-0.2, 0) is 0 Å². The number of benzene rings is 2. The number of carbonyl (C=O) groups is 1. The lowest BCUT2D eigenvalue weighted by Crippen LogP contribution is -2.12. The number of rotatable bonds is 6. The second-order valence-electron chi connectivity index (χ2n) is 6.20. The Bertz CT molecular complexity index is 859. The van der Waals surface area contributed by atoms with E-state index >= 15 is 0 Å². The summed E-state index contributed by atoms with van der Waals surface area (Å²) in [4.78, 5) is 27.7. The van der Waals surface area contributed by atoms with Gasteiger partial charge < -0.3 is 9.80 Å². The largest absolute Gasteiger partial charge is 0.383 e. The van der Waals surface area contributed by atoms with Gasteiger partial charge in [-0.2, -0.15) is 0 Å². The minimum Gasteiger partial charge on any atom is -0.383 e. The van der Waals surface area contributed by atoms with Crippen LogP contribution in [0.1, 0.15) is 15.9 Å². The second kappa shape index (κ2) is 8.14. The summed E-state index contributed by atoms with van der Waals surface area (Å²) < 4.78 is 0.583. The molecule has 0 aliphatic carbocycles. The average molecular weight is 418 g/mol. The molecule has 136 valence electrons. The molecule has 0 amide bonds. The predicted octanol–water partition coefficient (Wildman–Crippen LogP) is 4.21. The van der Waals surface area contributed by atoms with Gasteiger partial charge in [-0.05, 0) is 36.4 Å². The maximum absolute atomic E-state index is 13.1. The van der Waals surface area contributed by atoms with E-state index in [0.29, 0.717) is 10.0 Å². The summed E-state index contributed by atoms with van der Waals surface area (Å²) in [6, 6.07) is 11.8. The molecular weight excluding hydrogens is 398 g/mol. The number of hydrogen-bond donors (Lipinski definition) is 0. The third kappa shape index (κ3) is 4.49. The van der Waals surface area contributed by atoms with E-state index in [-0.39, 0.29) is 22.6 Å². The second-order valence-corrected chi connectivity index (χ2v) is 7.11. The molecule has 0 aromatic heterocycles. The van der Waals surface area contributed by atoms with Crippen LogP contribution in [0.25, 0.3) is 5.57 Å². The van der Waals surface area contributed by atoms with Crippen molar-refractivity contribution in [3.63, 3.8) is 0 Å². The Morgan fingerprint density at radius 3 is 2.19 bits per heavy atom. The molecule has 0 aliphatic rings. The highest BCUT2D eigenvalue weighted by molar-refractivity contribution is 9.10. The molecule has 0 saturated heterocycles. The summed E-state index contributed by atoms with van der Waals surface area (Å²) >= 11 is 3.24. The van der Waals surface area contributed by atoms with Gasteiger partial charge in [-0.25, -0.2) is 0 Å². The number of allylic oxidation sites excluding steroid dienone is 1. The number of hydrogen-bond acceptors (Lipinski definition) is 5. The molecule has 0 spiro atoms. The maximum atomic E-state index is 13.1. The van der Waals surface area contributed by atoms with Crippen molar-refractivity contribution in [3.05, 3.63) is 74.4 Å².